The molecule has 1 atom stereocenters. The monoisotopic (exact) mass is 348 g/mol. The average Bonchev–Trinajstić information content (AvgIpc) is 2.46. The van der Waals surface area contributed by atoms with E-state index < -0.39 is 5.82 Å². The highest BCUT2D eigenvalue weighted by Crippen LogP contribution is 2.28. The van der Waals surface area contributed by atoms with E-state index >= 15 is 0 Å². The summed E-state index contributed by atoms with van der Waals surface area (Å²) < 4.78 is 20.3. The van der Waals surface area contributed by atoms with E-state index in [0.29, 0.717) is 16.9 Å². The Bertz CT molecular complexity index is 695. The molecule has 5 heteroatoms. The minimum Gasteiger partial charge on any atom is -0.488 e. The molecule has 0 aliphatic carbocycles. The number of benzene rings is 2. The maximum absolute atomic E-state index is 13.7. The normalized spacial score (nSPS) is 11.8. The first-order chi connectivity index (χ1) is 10.0. The maximum Gasteiger partial charge on any atom is 0.129 e. The van der Waals surface area contributed by atoms with E-state index in [9.17, 15) is 4.39 Å². The lowest BCUT2D eigenvalue weighted by molar-refractivity contribution is 0.295. The average molecular weight is 349 g/mol. The van der Waals surface area contributed by atoms with Crippen LogP contribution in [0.15, 0.2) is 40.9 Å². The summed E-state index contributed by atoms with van der Waals surface area (Å²) >= 11 is 3.37. The summed E-state index contributed by atoms with van der Waals surface area (Å²) in [6.45, 7) is 1.89. The van der Waals surface area contributed by atoms with Gasteiger partial charge < -0.3 is 10.5 Å². The Morgan fingerprint density at radius 3 is 2.76 bits per heavy atom. The lowest BCUT2D eigenvalue weighted by atomic mass is 10.1. The number of halogens is 2. The molecule has 0 bridgehead atoms. The molecule has 108 valence electrons. The second-order valence-electron chi connectivity index (χ2n) is 4.68. The van der Waals surface area contributed by atoms with Gasteiger partial charge in [-0.05, 0) is 37.3 Å². The lowest BCUT2D eigenvalue weighted by Crippen LogP contribution is -2.08. The second-order valence-corrected chi connectivity index (χ2v) is 5.59. The molecule has 0 aliphatic rings. The van der Waals surface area contributed by atoms with Crippen molar-refractivity contribution in [2.75, 3.05) is 0 Å². The van der Waals surface area contributed by atoms with Crippen molar-refractivity contribution in [3.05, 3.63) is 63.4 Å². The number of hydrogen-bond acceptors (Lipinski definition) is 3. The molecule has 0 saturated carbocycles. The fourth-order valence-corrected chi connectivity index (χ4v) is 2.26. The zero-order valence-electron chi connectivity index (χ0n) is 11.4. The van der Waals surface area contributed by atoms with Gasteiger partial charge in [-0.25, -0.2) is 4.39 Å². The number of rotatable bonds is 4. The Balaban J connectivity index is 2.24. The Kier molecular flexibility index (Phi) is 4.94. The molecule has 0 spiro atoms. The van der Waals surface area contributed by atoms with Crippen molar-refractivity contribution in [3.63, 3.8) is 0 Å². The van der Waals surface area contributed by atoms with Crippen LogP contribution in [0.1, 0.15) is 29.7 Å². The molecule has 21 heavy (non-hydrogen) atoms. The highest BCUT2D eigenvalue weighted by atomic mass is 79.9. The van der Waals surface area contributed by atoms with Gasteiger partial charge in [0.15, 0.2) is 0 Å². The second kappa shape index (κ2) is 6.70. The number of nitriles is 1. The van der Waals surface area contributed by atoms with Gasteiger partial charge in [-0.3, -0.25) is 0 Å². The summed E-state index contributed by atoms with van der Waals surface area (Å²) in [5.41, 5.74) is 7.48. The van der Waals surface area contributed by atoms with Gasteiger partial charge in [-0.1, -0.05) is 22.0 Å². The maximum atomic E-state index is 13.7. The van der Waals surface area contributed by atoms with Crippen LogP contribution in [0.25, 0.3) is 0 Å². The van der Waals surface area contributed by atoms with Gasteiger partial charge in [0, 0.05) is 21.6 Å². The van der Waals surface area contributed by atoms with E-state index in [-0.39, 0.29) is 12.6 Å². The molecular weight excluding hydrogens is 335 g/mol. The van der Waals surface area contributed by atoms with Crippen molar-refractivity contribution in [1.82, 2.24) is 0 Å². The standard InChI is InChI=1S/C16H14BrFN2O/c1-10(20)14-4-3-13(17)7-16(14)21-9-12-6-11(8-19)2-5-15(12)18/h2-7,10H,9,20H2,1H3. The van der Waals surface area contributed by atoms with Crippen molar-refractivity contribution in [3.8, 4) is 11.8 Å². The molecule has 2 N–H and O–H groups in total. The van der Waals surface area contributed by atoms with Gasteiger partial charge in [-0.15, -0.1) is 0 Å². The van der Waals surface area contributed by atoms with E-state index in [1.54, 1.807) is 6.07 Å². The van der Waals surface area contributed by atoms with E-state index in [4.69, 9.17) is 15.7 Å². The van der Waals surface area contributed by atoms with Gasteiger partial charge >= 0.3 is 0 Å². The summed E-state index contributed by atoms with van der Waals surface area (Å²) in [6.07, 6.45) is 0. The number of nitrogens with zero attached hydrogens (tertiary/aromatic N) is 1. The lowest BCUT2D eigenvalue weighted by Gasteiger charge is -2.15. The Hall–Kier alpha value is -1.90. The summed E-state index contributed by atoms with van der Waals surface area (Å²) in [7, 11) is 0. The highest BCUT2D eigenvalue weighted by Gasteiger charge is 2.11. The molecule has 2 aromatic rings. The largest absolute Gasteiger partial charge is 0.488 e. The summed E-state index contributed by atoms with van der Waals surface area (Å²) in [5, 5.41) is 8.86. The fourth-order valence-electron chi connectivity index (χ4n) is 1.92. The molecule has 0 aromatic heterocycles. The zero-order valence-corrected chi connectivity index (χ0v) is 13.0. The first-order valence-corrected chi connectivity index (χ1v) is 7.17. The molecule has 3 nitrogen and oxygen atoms in total. The molecule has 0 fully saturated rings. The molecule has 0 heterocycles. The van der Waals surface area contributed by atoms with Crippen molar-refractivity contribution in [1.29, 1.82) is 5.26 Å². The van der Waals surface area contributed by atoms with Crippen LogP contribution in [0.2, 0.25) is 0 Å². The molecule has 2 aromatic carbocycles. The highest BCUT2D eigenvalue weighted by molar-refractivity contribution is 9.10. The molecule has 2 rings (SSSR count). The molecule has 1 unspecified atom stereocenters. The first-order valence-electron chi connectivity index (χ1n) is 6.37. The van der Waals surface area contributed by atoms with Gasteiger partial charge in [0.2, 0.25) is 0 Å². The van der Waals surface area contributed by atoms with Gasteiger partial charge in [-0.2, -0.15) is 5.26 Å². The summed E-state index contributed by atoms with van der Waals surface area (Å²) in [4.78, 5) is 0. The van der Waals surface area contributed by atoms with Crippen LogP contribution in [0.5, 0.6) is 5.75 Å². The first kappa shape index (κ1) is 15.5. The fraction of sp³-hybridized carbons (Fsp3) is 0.188. The predicted molar refractivity (Wildman–Crippen MR) is 82.2 cm³/mol. The number of ether oxygens (including phenoxy) is 1. The summed E-state index contributed by atoms with van der Waals surface area (Å²) in [6, 6.07) is 11.5. The van der Waals surface area contributed by atoms with Crippen molar-refractivity contribution < 1.29 is 9.13 Å². The van der Waals surface area contributed by atoms with Crippen LogP contribution in [0, 0.1) is 17.1 Å². The molecular formula is C16H14BrFN2O. The van der Waals surface area contributed by atoms with Crippen LogP contribution in [-0.4, -0.2) is 0 Å². The van der Waals surface area contributed by atoms with Crippen molar-refractivity contribution in [2.45, 2.75) is 19.6 Å². The number of nitrogens with two attached hydrogens (primary N) is 1. The van der Waals surface area contributed by atoms with Crippen molar-refractivity contribution in [2.24, 2.45) is 5.73 Å². The third kappa shape index (κ3) is 3.81. The van der Waals surface area contributed by atoms with Crippen LogP contribution in [-0.2, 0) is 6.61 Å². The third-order valence-corrected chi connectivity index (χ3v) is 3.52. The molecule has 0 aliphatic heterocycles. The zero-order chi connectivity index (χ0) is 15.4. The van der Waals surface area contributed by atoms with Gasteiger partial charge in [0.1, 0.15) is 18.2 Å². The Morgan fingerprint density at radius 1 is 1.33 bits per heavy atom. The third-order valence-electron chi connectivity index (χ3n) is 3.02. The van der Waals surface area contributed by atoms with Crippen LogP contribution < -0.4 is 10.5 Å². The van der Waals surface area contributed by atoms with Crippen LogP contribution >= 0.6 is 15.9 Å². The predicted octanol–water partition coefficient (Wildman–Crippen LogP) is 4.06. The van der Waals surface area contributed by atoms with E-state index in [1.807, 2.05) is 25.1 Å². The van der Waals surface area contributed by atoms with Crippen LogP contribution in [0.3, 0.4) is 0 Å². The van der Waals surface area contributed by atoms with E-state index in [2.05, 4.69) is 15.9 Å². The molecule has 0 amide bonds. The SMILES string of the molecule is CC(N)c1ccc(Br)cc1OCc1cc(C#N)ccc1F. The molecule has 0 radical (unpaired) electrons. The van der Waals surface area contributed by atoms with E-state index in [0.717, 1.165) is 10.0 Å². The molecule has 0 saturated heterocycles. The minimum absolute atomic E-state index is 0.0392. The van der Waals surface area contributed by atoms with Gasteiger partial charge in [0.05, 0.1) is 11.6 Å². The minimum atomic E-state index is -0.397. The van der Waals surface area contributed by atoms with E-state index in [1.165, 1.54) is 18.2 Å². The Morgan fingerprint density at radius 2 is 2.10 bits per heavy atom. The quantitative estimate of drug-likeness (QED) is 0.906. The summed E-state index contributed by atoms with van der Waals surface area (Å²) in [5.74, 6) is 0.201. The smallest absolute Gasteiger partial charge is 0.129 e. The van der Waals surface area contributed by atoms with Crippen LogP contribution in [0.4, 0.5) is 4.39 Å². The number of hydrogen-bond donors (Lipinski definition) is 1. The Labute approximate surface area is 131 Å². The topological polar surface area (TPSA) is 59.0 Å². The van der Waals surface area contributed by atoms with Crippen molar-refractivity contribution >= 4 is 15.9 Å². The van der Waals surface area contributed by atoms with Gasteiger partial charge in [0.25, 0.3) is 0 Å².